The third kappa shape index (κ3) is 1.80. The highest BCUT2D eigenvalue weighted by Crippen LogP contribution is 2.39. The Kier molecular flexibility index (Phi) is 2.62. The Hall–Kier alpha value is -1.77. The first-order valence-corrected chi connectivity index (χ1v) is 6.65. The van der Waals surface area contributed by atoms with E-state index < -0.39 is 0 Å². The average Bonchev–Trinajstić information content (AvgIpc) is 2.33. The van der Waals surface area contributed by atoms with E-state index in [9.17, 15) is 0 Å². The standard InChI is InChI=1S/C15H19N3/c1-2-15(7-3-8-15)18-13-6-9-17-14-10-11(16)4-5-12(13)14/h4-6,9-10H,2-3,7-8,16H2,1H3,(H,17,18). The molecule has 3 N–H and O–H groups in total. The highest BCUT2D eigenvalue weighted by molar-refractivity contribution is 5.93. The molecule has 0 aliphatic heterocycles. The van der Waals surface area contributed by atoms with E-state index in [0.29, 0.717) is 5.54 Å². The van der Waals surface area contributed by atoms with Gasteiger partial charge in [0.05, 0.1) is 5.52 Å². The summed E-state index contributed by atoms with van der Waals surface area (Å²) >= 11 is 0. The molecule has 1 aliphatic rings. The summed E-state index contributed by atoms with van der Waals surface area (Å²) in [4.78, 5) is 4.38. The van der Waals surface area contributed by atoms with Crippen LogP contribution >= 0.6 is 0 Å². The Morgan fingerprint density at radius 2 is 2.17 bits per heavy atom. The molecule has 1 aromatic carbocycles. The maximum absolute atomic E-state index is 5.80. The Balaban J connectivity index is 2.01. The van der Waals surface area contributed by atoms with Gasteiger partial charge < -0.3 is 11.1 Å². The monoisotopic (exact) mass is 241 g/mol. The molecule has 3 heteroatoms. The summed E-state index contributed by atoms with van der Waals surface area (Å²) in [5.41, 5.74) is 9.02. The van der Waals surface area contributed by atoms with Crippen LogP contribution in [0.25, 0.3) is 10.9 Å². The predicted octanol–water partition coefficient (Wildman–Crippen LogP) is 3.56. The Morgan fingerprint density at radius 3 is 2.83 bits per heavy atom. The van der Waals surface area contributed by atoms with Crippen LogP contribution in [0.2, 0.25) is 0 Å². The second kappa shape index (κ2) is 4.16. The molecule has 3 nitrogen and oxygen atoms in total. The van der Waals surface area contributed by atoms with Crippen LogP contribution < -0.4 is 11.1 Å². The molecule has 2 aromatic rings. The minimum absolute atomic E-state index is 0.301. The van der Waals surface area contributed by atoms with Gasteiger partial charge in [-0.05, 0) is 49.9 Å². The molecule has 18 heavy (non-hydrogen) atoms. The Morgan fingerprint density at radius 1 is 1.33 bits per heavy atom. The van der Waals surface area contributed by atoms with Gasteiger partial charge in [0.15, 0.2) is 0 Å². The van der Waals surface area contributed by atoms with E-state index in [1.807, 2.05) is 18.3 Å². The van der Waals surface area contributed by atoms with Gasteiger partial charge >= 0.3 is 0 Å². The number of anilines is 2. The molecule has 0 atom stereocenters. The van der Waals surface area contributed by atoms with Crippen LogP contribution in [0.3, 0.4) is 0 Å². The molecule has 0 amide bonds. The zero-order chi connectivity index (χ0) is 12.6. The van der Waals surface area contributed by atoms with Gasteiger partial charge in [-0.1, -0.05) is 6.92 Å². The molecule has 1 aromatic heterocycles. The number of hydrogen-bond donors (Lipinski definition) is 2. The van der Waals surface area contributed by atoms with E-state index in [0.717, 1.165) is 16.6 Å². The lowest BCUT2D eigenvalue weighted by Crippen LogP contribution is -2.44. The van der Waals surface area contributed by atoms with Crippen molar-refractivity contribution in [2.75, 3.05) is 11.1 Å². The van der Waals surface area contributed by atoms with Crippen molar-refractivity contribution in [1.82, 2.24) is 4.98 Å². The van der Waals surface area contributed by atoms with Crippen molar-refractivity contribution in [3.63, 3.8) is 0 Å². The molecule has 0 spiro atoms. The second-order valence-electron chi connectivity index (χ2n) is 5.25. The SMILES string of the molecule is CCC1(Nc2ccnc3cc(N)ccc23)CCC1. The number of hydrogen-bond acceptors (Lipinski definition) is 3. The summed E-state index contributed by atoms with van der Waals surface area (Å²) in [7, 11) is 0. The van der Waals surface area contributed by atoms with Crippen molar-refractivity contribution in [2.45, 2.75) is 38.1 Å². The molecule has 3 rings (SSSR count). The number of nitrogens with two attached hydrogens (primary N) is 1. The molecule has 94 valence electrons. The average molecular weight is 241 g/mol. The first-order valence-electron chi connectivity index (χ1n) is 6.65. The minimum atomic E-state index is 0.301. The fourth-order valence-electron chi connectivity index (χ4n) is 2.73. The van der Waals surface area contributed by atoms with E-state index in [1.54, 1.807) is 0 Å². The first-order chi connectivity index (χ1) is 8.72. The topological polar surface area (TPSA) is 50.9 Å². The van der Waals surface area contributed by atoms with Crippen LogP contribution in [-0.4, -0.2) is 10.5 Å². The lowest BCUT2D eigenvalue weighted by Gasteiger charge is -2.43. The molecule has 0 unspecified atom stereocenters. The quantitative estimate of drug-likeness (QED) is 0.808. The third-order valence-corrected chi connectivity index (χ3v) is 4.15. The predicted molar refractivity (Wildman–Crippen MR) is 76.7 cm³/mol. The van der Waals surface area contributed by atoms with Crippen LogP contribution in [-0.2, 0) is 0 Å². The summed E-state index contributed by atoms with van der Waals surface area (Å²) in [5, 5.41) is 4.88. The van der Waals surface area contributed by atoms with Gasteiger partial charge in [-0.2, -0.15) is 0 Å². The second-order valence-corrected chi connectivity index (χ2v) is 5.25. The van der Waals surface area contributed by atoms with Crippen LogP contribution in [0.1, 0.15) is 32.6 Å². The summed E-state index contributed by atoms with van der Waals surface area (Å²) < 4.78 is 0. The molecule has 1 aliphatic carbocycles. The van der Waals surface area contributed by atoms with Gasteiger partial charge in [0, 0.05) is 28.5 Å². The maximum atomic E-state index is 5.80. The number of nitrogens with zero attached hydrogens (tertiary/aromatic N) is 1. The van der Waals surface area contributed by atoms with Gasteiger partial charge in [-0.15, -0.1) is 0 Å². The molecule has 0 radical (unpaired) electrons. The Labute approximate surface area is 107 Å². The number of rotatable bonds is 3. The van der Waals surface area contributed by atoms with Gasteiger partial charge in [-0.25, -0.2) is 0 Å². The van der Waals surface area contributed by atoms with Crippen molar-refractivity contribution >= 4 is 22.3 Å². The molecule has 1 saturated carbocycles. The fraction of sp³-hybridized carbons (Fsp3) is 0.400. The van der Waals surface area contributed by atoms with Crippen LogP contribution in [0.15, 0.2) is 30.5 Å². The zero-order valence-corrected chi connectivity index (χ0v) is 10.7. The number of aromatic nitrogens is 1. The Bertz CT molecular complexity index is 567. The smallest absolute Gasteiger partial charge is 0.0743 e. The van der Waals surface area contributed by atoms with Crippen LogP contribution in [0.5, 0.6) is 0 Å². The van der Waals surface area contributed by atoms with E-state index >= 15 is 0 Å². The molecule has 1 heterocycles. The minimum Gasteiger partial charge on any atom is -0.399 e. The van der Waals surface area contributed by atoms with Gasteiger partial charge in [0.25, 0.3) is 0 Å². The molecule has 0 bridgehead atoms. The highest BCUT2D eigenvalue weighted by Gasteiger charge is 2.35. The lowest BCUT2D eigenvalue weighted by molar-refractivity contribution is 0.270. The normalized spacial score (nSPS) is 17.4. The summed E-state index contributed by atoms with van der Waals surface area (Å²) in [6, 6.07) is 7.99. The number of fused-ring (bicyclic) bond motifs is 1. The third-order valence-electron chi connectivity index (χ3n) is 4.15. The molecular weight excluding hydrogens is 222 g/mol. The van der Waals surface area contributed by atoms with Crippen molar-refractivity contribution in [3.05, 3.63) is 30.5 Å². The number of benzene rings is 1. The van der Waals surface area contributed by atoms with Gasteiger partial charge in [0.1, 0.15) is 0 Å². The maximum Gasteiger partial charge on any atom is 0.0743 e. The van der Waals surface area contributed by atoms with E-state index in [2.05, 4.69) is 29.4 Å². The summed E-state index contributed by atoms with van der Waals surface area (Å²) in [6.07, 6.45) is 6.89. The fourth-order valence-corrected chi connectivity index (χ4v) is 2.73. The van der Waals surface area contributed by atoms with Crippen molar-refractivity contribution < 1.29 is 0 Å². The van der Waals surface area contributed by atoms with Crippen LogP contribution in [0, 0.1) is 0 Å². The number of pyridine rings is 1. The van der Waals surface area contributed by atoms with E-state index in [4.69, 9.17) is 5.73 Å². The van der Waals surface area contributed by atoms with Gasteiger partial charge in [0.2, 0.25) is 0 Å². The van der Waals surface area contributed by atoms with Crippen molar-refractivity contribution in [3.8, 4) is 0 Å². The molecule has 1 fully saturated rings. The lowest BCUT2D eigenvalue weighted by atomic mass is 9.74. The largest absolute Gasteiger partial charge is 0.399 e. The summed E-state index contributed by atoms with van der Waals surface area (Å²) in [5.74, 6) is 0. The zero-order valence-electron chi connectivity index (χ0n) is 10.7. The number of nitrogens with one attached hydrogen (secondary N) is 1. The highest BCUT2D eigenvalue weighted by atomic mass is 15.0. The summed E-state index contributed by atoms with van der Waals surface area (Å²) in [6.45, 7) is 2.26. The number of nitrogen functional groups attached to an aromatic ring is 1. The first kappa shape index (κ1) is 11.3. The van der Waals surface area contributed by atoms with E-state index in [1.165, 1.54) is 31.4 Å². The van der Waals surface area contributed by atoms with E-state index in [-0.39, 0.29) is 0 Å². The van der Waals surface area contributed by atoms with Crippen molar-refractivity contribution in [1.29, 1.82) is 0 Å². The van der Waals surface area contributed by atoms with Gasteiger partial charge in [-0.3, -0.25) is 4.98 Å². The van der Waals surface area contributed by atoms with Crippen molar-refractivity contribution in [2.24, 2.45) is 0 Å². The van der Waals surface area contributed by atoms with Crippen LogP contribution in [0.4, 0.5) is 11.4 Å². The molecular formula is C15H19N3. The molecule has 0 saturated heterocycles.